The zero-order chi connectivity index (χ0) is 13.1. The average Bonchev–Trinajstić information content (AvgIpc) is 2.35. The van der Waals surface area contributed by atoms with Crippen molar-refractivity contribution in [2.75, 3.05) is 17.7 Å². The van der Waals surface area contributed by atoms with Crippen LogP contribution in [0.25, 0.3) is 0 Å². The minimum atomic E-state index is 0.765. The monoisotopic (exact) mass is 260 g/mol. The van der Waals surface area contributed by atoms with E-state index in [9.17, 15) is 0 Å². The molecule has 0 aliphatic rings. The molecule has 0 saturated carbocycles. The Morgan fingerprint density at radius 3 is 2.39 bits per heavy atom. The van der Waals surface area contributed by atoms with Gasteiger partial charge in [-0.05, 0) is 42.3 Å². The van der Waals surface area contributed by atoms with E-state index in [4.69, 9.17) is 17.3 Å². The molecule has 0 saturated heterocycles. The molecule has 2 aromatic carbocycles. The number of nitrogen functional groups attached to an aromatic ring is 1. The Morgan fingerprint density at radius 1 is 1.11 bits per heavy atom. The van der Waals surface area contributed by atoms with Crippen molar-refractivity contribution in [3.63, 3.8) is 0 Å². The molecular weight excluding hydrogens is 244 g/mol. The van der Waals surface area contributed by atoms with Gasteiger partial charge in [-0.3, -0.25) is 0 Å². The predicted molar refractivity (Wildman–Crippen MR) is 79.2 cm³/mol. The van der Waals surface area contributed by atoms with Gasteiger partial charge in [-0.15, -0.1) is 0 Å². The SMILES string of the molecule is Cc1ccc(N(C)Cc2ccc(Cl)cc2)cc1N. The average molecular weight is 261 g/mol. The highest BCUT2D eigenvalue weighted by atomic mass is 35.5. The molecule has 0 unspecified atom stereocenters. The molecule has 94 valence electrons. The van der Waals surface area contributed by atoms with Crippen molar-refractivity contribution in [3.8, 4) is 0 Å². The van der Waals surface area contributed by atoms with Crippen LogP contribution in [0.2, 0.25) is 5.02 Å². The summed E-state index contributed by atoms with van der Waals surface area (Å²) >= 11 is 5.87. The Kier molecular flexibility index (Phi) is 3.78. The van der Waals surface area contributed by atoms with Crippen LogP contribution < -0.4 is 10.6 Å². The number of anilines is 2. The number of benzene rings is 2. The second kappa shape index (κ2) is 5.32. The van der Waals surface area contributed by atoms with Crippen molar-refractivity contribution < 1.29 is 0 Å². The fourth-order valence-corrected chi connectivity index (χ4v) is 1.95. The summed E-state index contributed by atoms with van der Waals surface area (Å²) in [5.74, 6) is 0. The number of rotatable bonds is 3. The van der Waals surface area contributed by atoms with Gasteiger partial charge in [0.1, 0.15) is 0 Å². The van der Waals surface area contributed by atoms with E-state index < -0.39 is 0 Å². The van der Waals surface area contributed by atoms with Crippen LogP contribution in [0.4, 0.5) is 11.4 Å². The van der Waals surface area contributed by atoms with Gasteiger partial charge in [-0.25, -0.2) is 0 Å². The fraction of sp³-hybridized carbons (Fsp3) is 0.200. The number of aryl methyl sites for hydroxylation is 1. The lowest BCUT2D eigenvalue weighted by atomic mass is 10.1. The van der Waals surface area contributed by atoms with E-state index in [1.54, 1.807) is 0 Å². The number of halogens is 1. The predicted octanol–water partition coefficient (Wildman–Crippen LogP) is 3.87. The van der Waals surface area contributed by atoms with Gasteiger partial charge >= 0.3 is 0 Å². The third kappa shape index (κ3) is 2.96. The zero-order valence-corrected chi connectivity index (χ0v) is 11.4. The summed E-state index contributed by atoms with van der Waals surface area (Å²) in [5, 5.41) is 0.765. The van der Waals surface area contributed by atoms with Crippen molar-refractivity contribution in [1.29, 1.82) is 0 Å². The van der Waals surface area contributed by atoms with Crippen LogP contribution in [0.15, 0.2) is 42.5 Å². The third-order valence-corrected chi connectivity index (χ3v) is 3.29. The topological polar surface area (TPSA) is 29.3 Å². The van der Waals surface area contributed by atoms with Gasteiger partial charge < -0.3 is 10.6 Å². The number of nitrogens with zero attached hydrogens (tertiary/aromatic N) is 1. The first-order chi connectivity index (χ1) is 8.56. The lowest BCUT2D eigenvalue weighted by molar-refractivity contribution is 0.923. The Hall–Kier alpha value is -1.67. The quantitative estimate of drug-likeness (QED) is 0.849. The number of hydrogen-bond donors (Lipinski definition) is 1. The molecule has 0 aromatic heterocycles. The minimum absolute atomic E-state index is 0.765. The Bertz CT molecular complexity index is 535. The molecule has 0 amide bonds. The van der Waals surface area contributed by atoms with E-state index in [0.29, 0.717) is 0 Å². The molecule has 0 fully saturated rings. The first-order valence-corrected chi connectivity index (χ1v) is 6.26. The molecule has 2 N–H and O–H groups in total. The molecule has 0 atom stereocenters. The van der Waals surface area contributed by atoms with E-state index in [-0.39, 0.29) is 0 Å². The molecule has 0 spiro atoms. The lowest BCUT2D eigenvalue weighted by Gasteiger charge is -2.20. The number of nitrogens with two attached hydrogens (primary N) is 1. The maximum Gasteiger partial charge on any atom is 0.0426 e. The van der Waals surface area contributed by atoms with Crippen LogP contribution in [0, 0.1) is 6.92 Å². The first-order valence-electron chi connectivity index (χ1n) is 5.88. The molecule has 0 heterocycles. The lowest BCUT2D eigenvalue weighted by Crippen LogP contribution is -2.16. The normalized spacial score (nSPS) is 10.4. The largest absolute Gasteiger partial charge is 0.398 e. The van der Waals surface area contributed by atoms with Gasteiger partial charge in [0, 0.05) is 30.0 Å². The molecule has 2 rings (SSSR count). The minimum Gasteiger partial charge on any atom is -0.398 e. The molecule has 18 heavy (non-hydrogen) atoms. The molecule has 3 heteroatoms. The summed E-state index contributed by atoms with van der Waals surface area (Å²) in [6.45, 7) is 2.85. The van der Waals surface area contributed by atoms with Crippen LogP contribution in [-0.4, -0.2) is 7.05 Å². The highest BCUT2D eigenvalue weighted by molar-refractivity contribution is 6.30. The van der Waals surface area contributed by atoms with E-state index in [2.05, 4.69) is 18.0 Å². The Morgan fingerprint density at radius 2 is 1.78 bits per heavy atom. The van der Waals surface area contributed by atoms with Gasteiger partial charge in [0.15, 0.2) is 0 Å². The van der Waals surface area contributed by atoms with Crippen LogP contribution in [0.3, 0.4) is 0 Å². The van der Waals surface area contributed by atoms with Gasteiger partial charge in [-0.1, -0.05) is 29.8 Å². The number of hydrogen-bond acceptors (Lipinski definition) is 2. The molecule has 0 aliphatic heterocycles. The van der Waals surface area contributed by atoms with E-state index in [1.165, 1.54) is 5.56 Å². The van der Waals surface area contributed by atoms with Crippen molar-refractivity contribution in [2.24, 2.45) is 0 Å². The highest BCUT2D eigenvalue weighted by Crippen LogP contribution is 2.21. The van der Waals surface area contributed by atoms with Gasteiger partial charge in [0.2, 0.25) is 0 Å². The Labute approximate surface area is 113 Å². The van der Waals surface area contributed by atoms with Gasteiger partial charge in [0.25, 0.3) is 0 Å². The van der Waals surface area contributed by atoms with Crippen molar-refractivity contribution in [1.82, 2.24) is 0 Å². The van der Waals surface area contributed by atoms with Crippen LogP contribution in [-0.2, 0) is 6.54 Å². The summed E-state index contributed by atoms with van der Waals surface area (Å²) in [6.07, 6.45) is 0. The molecule has 0 radical (unpaired) electrons. The Balaban J connectivity index is 2.13. The molecule has 2 nitrogen and oxygen atoms in total. The second-order valence-corrected chi connectivity index (χ2v) is 4.96. The first kappa shape index (κ1) is 12.8. The zero-order valence-electron chi connectivity index (χ0n) is 10.7. The second-order valence-electron chi connectivity index (χ2n) is 4.52. The summed E-state index contributed by atoms with van der Waals surface area (Å²) in [6, 6.07) is 14.0. The summed E-state index contributed by atoms with van der Waals surface area (Å²) in [4.78, 5) is 2.17. The summed E-state index contributed by atoms with van der Waals surface area (Å²) < 4.78 is 0. The molecule has 0 aliphatic carbocycles. The maximum absolute atomic E-state index is 5.93. The van der Waals surface area contributed by atoms with Gasteiger partial charge in [-0.2, -0.15) is 0 Å². The molecule has 0 bridgehead atoms. The maximum atomic E-state index is 5.93. The molecular formula is C15H17ClN2. The van der Waals surface area contributed by atoms with Crippen LogP contribution in [0.5, 0.6) is 0 Å². The van der Waals surface area contributed by atoms with E-state index in [0.717, 1.165) is 28.5 Å². The van der Waals surface area contributed by atoms with Crippen molar-refractivity contribution in [2.45, 2.75) is 13.5 Å². The standard InChI is InChI=1S/C15H17ClN2/c1-11-3-8-14(9-15(11)17)18(2)10-12-4-6-13(16)7-5-12/h3-9H,10,17H2,1-2H3. The van der Waals surface area contributed by atoms with E-state index >= 15 is 0 Å². The highest BCUT2D eigenvalue weighted by Gasteiger charge is 2.04. The smallest absolute Gasteiger partial charge is 0.0426 e. The van der Waals surface area contributed by atoms with Crippen LogP contribution in [0.1, 0.15) is 11.1 Å². The third-order valence-electron chi connectivity index (χ3n) is 3.04. The fourth-order valence-electron chi connectivity index (χ4n) is 1.82. The summed E-state index contributed by atoms with van der Waals surface area (Å²) in [7, 11) is 2.05. The van der Waals surface area contributed by atoms with Gasteiger partial charge in [0.05, 0.1) is 0 Å². The van der Waals surface area contributed by atoms with E-state index in [1.807, 2.05) is 43.3 Å². The van der Waals surface area contributed by atoms with Crippen molar-refractivity contribution in [3.05, 3.63) is 58.6 Å². The molecule has 2 aromatic rings. The van der Waals surface area contributed by atoms with Crippen LogP contribution >= 0.6 is 11.6 Å². The van der Waals surface area contributed by atoms with Crippen molar-refractivity contribution >= 4 is 23.0 Å². The summed E-state index contributed by atoms with van der Waals surface area (Å²) in [5.41, 5.74) is 10.2.